The van der Waals surface area contributed by atoms with E-state index in [2.05, 4.69) is 32.0 Å². The van der Waals surface area contributed by atoms with Crippen LogP contribution in [0.3, 0.4) is 0 Å². The van der Waals surface area contributed by atoms with E-state index in [1.54, 1.807) is 0 Å². The van der Waals surface area contributed by atoms with E-state index in [9.17, 15) is 4.79 Å². The Hall–Kier alpha value is -1.89. The van der Waals surface area contributed by atoms with Crippen molar-refractivity contribution in [2.45, 2.75) is 32.1 Å². The van der Waals surface area contributed by atoms with Crippen molar-refractivity contribution in [3.05, 3.63) is 70.8 Å². The molecule has 0 saturated heterocycles. The maximum Gasteiger partial charge on any atom is 0.173 e. The summed E-state index contributed by atoms with van der Waals surface area (Å²) in [6.07, 6.45) is 1.88. The predicted molar refractivity (Wildman–Crippen MR) is 77.6 cm³/mol. The second-order valence-electron chi connectivity index (χ2n) is 5.63. The first kappa shape index (κ1) is 12.2. The lowest BCUT2D eigenvalue weighted by atomic mass is 9.67. The maximum absolute atomic E-state index is 12.9. The molecule has 1 unspecified atom stereocenters. The molecule has 0 spiro atoms. The summed E-state index contributed by atoms with van der Waals surface area (Å²) in [5.74, 6) is 0.267. The van der Waals surface area contributed by atoms with Gasteiger partial charge < -0.3 is 0 Å². The van der Waals surface area contributed by atoms with Gasteiger partial charge in [0.2, 0.25) is 0 Å². The summed E-state index contributed by atoms with van der Waals surface area (Å²) in [7, 11) is 0. The molecule has 0 fully saturated rings. The summed E-state index contributed by atoms with van der Waals surface area (Å²) in [4.78, 5) is 12.9. The largest absolute Gasteiger partial charge is 0.293 e. The van der Waals surface area contributed by atoms with Crippen molar-refractivity contribution >= 4 is 5.78 Å². The van der Waals surface area contributed by atoms with Crippen LogP contribution >= 0.6 is 0 Å². The van der Waals surface area contributed by atoms with Crippen molar-refractivity contribution in [3.8, 4) is 0 Å². The fourth-order valence-corrected chi connectivity index (χ4v) is 3.20. The molecule has 1 heteroatoms. The molecule has 3 rings (SSSR count). The van der Waals surface area contributed by atoms with Gasteiger partial charge in [-0.2, -0.15) is 0 Å². The second kappa shape index (κ2) is 4.34. The number of benzene rings is 2. The van der Waals surface area contributed by atoms with Crippen LogP contribution in [-0.2, 0) is 11.8 Å². The number of aryl methyl sites for hydroxylation is 2. The third-order valence-electron chi connectivity index (χ3n) is 4.40. The van der Waals surface area contributed by atoms with Crippen LogP contribution in [0.4, 0.5) is 0 Å². The van der Waals surface area contributed by atoms with Crippen molar-refractivity contribution < 1.29 is 4.79 Å². The van der Waals surface area contributed by atoms with Gasteiger partial charge in [-0.1, -0.05) is 48.5 Å². The van der Waals surface area contributed by atoms with Crippen LogP contribution in [0.25, 0.3) is 0 Å². The van der Waals surface area contributed by atoms with Gasteiger partial charge >= 0.3 is 0 Å². The van der Waals surface area contributed by atoms with Crippen LogP contribution < -0.4 is 0 Å². The monoisotopic (exact) mass is 250 g/mol. The van der Waals surface area contributed by atoms with Crippen molar-refractivity contribution in [1.29, 1.82) is 0 Å². The zero-order chi connectivity index (χ0) is 13.5. The van der Waals surface area contributed by atoms with E-state index in [0.717, 1.165) is 18.4 Å². The fourth-order valence-electron chi connectivity index (χ4n) is 3.20. The predicted octanol–water partition coefficient (Wildman–Crippen LogP) is 4.08. The molecule has 2 aromatic rings. The number of hydrogen-bond acceptors (Lipinski definition) is 1. The van der Waals surface area contributed by atoms with E-state index in [4.69, 9.17) is 0 Å². The molecule has 0 radical (unpaired) electrons. The highest BCUT2D eigenvalue weighted by atomic mass is 16.1. The Labute approximate surface area is 114 Å². The molecule has 0 aliphatic heterocycles. The molecule has 1 atom stereocenters. The average Bonchev–Trinajstić information content (AvgIpc) is 2.44. The third-order valence-corrected chi connectivity index (χ3v) is 4.40. The zero-order valence-electron chi connectivity index (χ0n) is 11.4. The highest BCUT2D eigenvalue weighted by molar-refractivity contribution is 6.06. The number of Topliss-reactive ketones (excluding diaryl/α,β-unsaturated/α-hetero) is 1. The van der Waals surface area contributed by atoms with E-state index in [1.165, 1.54) is 16.7 Å². The first-order chi connectivity index (χ1) is 9.13. The Morgan fingerprint density at radius 3 is 2.47 bits per heavy atom. The first-order valence-corrected chi connectivity index (χ1v) is 6.82. The highest BCUT2D eigenvalue weighted by Crippen LogP contribution is 2.39. The number of fused-ring (bicyclic) bond motifs is 1. The van der Waals surface area contributed by atoms with Crippen LogP contribution in [0, 0.1) is 6.92 Å². The first-order valence-electron chi connectivity index (χ1n) is 6.82. The number of ketones is 1. The number of hydrogen-bond donors (Lipinski definition) is 0. The minimum absolute atomic E-state index is 0.267. The SMILES string of the molecule is Cc1ccccc1C1(C)CCc2ccccc2C1=O. The Morgan fingerprint density at radius 2 is 1.68 bits per heavy atom. The van der Waals surface area contributed by atoms with Gasteiger partial charge in [0.15, 0.2) is 5.78 Å². The van der Waals surface area contributed by atoms with Gasteiger partial charge in [-0.15, -0.1) is 0 Å². The van der Waals surface area contributed by atoms with Crippen LogP contribution in [0.2, 0.25) is 0 Å². The quantitative estimate of drug-likeness (QED) is 0.745. The Bertz CT molecular complexity index is 642. The van der Waals surface area contributed by atoms with Gasteiger partial charge in [-0.3, -0.25) is 4.79 Å². The lowest BCUT2D eigenvalue weighted by molar-refractivity contribution is 0.0875. The molecule has 0 aromatic heterocycles. The molecule has 1 nitrogen and oxygen atoms in total. The van der Waals surface area contributed by atoms with Crippen LogP contribution in [-0.4, -0.2) is 5.78 Å². The van der Waals surface area contributed by atoms with Crippen molar-refractivity contribution in [2.24, 2.45) is 0 Å². The summed E-state index contributed by atoms with van der Waals surface area (Å²) in [5, 5.41) is 0. The van der Waals surface area contributed by atoms with Gasteiger partial charge in [0, 0.05) is 5.56 Å². The number of carbonyl (C=O) groups is 1. The molecule has 0 N–H and O–H groups in total. The molecule has 0 heterocycles. The Balaban J connectivity index is 2.13. The smallest absolute Gasteiger partial charge is 0.173 e. The Kier molecular flexibility index (Phi) is 2.78. The molecular formula is C18H18O. The zero-order valence-corrected chi connectivity index (χ0v) is 11.4. The average molecular weight is 250 g/mol. The Morgan fingerprint density at radius 1 is 1.00 bits per heavy atom. The number of carbonyl (C=O) groups excluding carboxylic acids is 1. The minimum atomic E-state index is -0.375. The topological polar surface area (TPSA) is 17.1 Å². The fraction of sp³-hybridized carbons (Fsp3) is 0.278. The van der Waals surface area contributed by atoms with Crippen LogP contribution in [0.15, 0.2) is 48.5 Å². The summed E-state index contributed by atoms with van der Waals surface area (Å²) >= 11 is 0. The standard InChI is InChI=1S/C18H18O/c1-13-7-3-6-10-16(13)18(2)12-11-14-8-4-5-9-15(14)17(18)19/h3-10H,11-12H2,1-2H3. The van der Waals surface area contributed by atoms with Crippen molar-refractivity contribution in [2.75, 3.05) is 0 Å². The highest BCUT2D eigenvalue weighted by Gasteiger charge is 2.40. The van der Waals surface area contributed by atoms with E-state index in [0.29, 0.717) is 0 Å². The van der Waals surface area contributed by atoms with Crippen LogP contribution in [0.5, 0.6) is 0 Å². The molecule has 2 aromatic carbocycles. The normalized spacial score (nSPS) is 22.1. The molecule has 19 heavy (non-hydrogen) atoms. The summed E-state index contributed by atoms with van der Waals surface area (Å²) in [6.45, 7) is 4.18. The molecule has 1 aliphatic rings. The second-order valence-corrected chi connectivity index (χ2v) is 5.63. The van der Waals surface area contributed by atoms with Crippen LogP contribution in [0.1, 0.15) is 40.4 Å². The molecular weight excluding hydrogens is 232 g/mol. The van der Waals surface area contributed by atoms with E-state index < -0.39 is 0 Å². The van der Waals surface area contributed by atoms with Gasteiger partial charge in [-0.25, -0.2) is 0 Å². The van der Waals surface area contributed by atoms with Gasteiger partial charge in [0.25, 0.3) is 0 Å². The van der Waals surface area contributed by atoms with Crippen molar-refractivity contribution in [3.63, 3.8) is 0 Å². The van der Waals surface area contributed by atoms with Crippen molar-refractivity contribution in [1.82, 2.24) is 0 Å². The van der Waals surface area contributed by atoms with E-state index in [-0.39, 0.29) is 11.2 Å². The maximum atomic E-state index is 12.9. The molecule has 0 saturated carbocycles. The summed E-state index contributed by atoms with van der Waals surface area (Å²) in [6, 6.07) is 16.3. The lowest BCUT2D eigenvalue weighted by Crippen LogP contribution is -2.37. The molecule has 0 bridgehead atoms. The number of rotatable bonds is 1. The molecule has 96 valence electrons. The molecule has 1 aliphatic carbocycles. The van der Waals surface area contributed by atoms with E-state index >= 15 is 0 Å². The minimum Gasteiger partial charge on any atom is -0.293 e. The van der Waals surface area contributed by atoms with Gasteiger partial charge in [0.05, 0.1) is 5.41 Å². The van der Waals surface area contributed by atoms with E-state index in [1.807, 2.05) is 30.3 Å². The summed E-state index contributed by atoms with van der Waals surface area (Å²) in [5.41, 5.74) is 4.10. The van der Waals surface area contributed by atoms with Gasteiger partial charge in [0.1, 0.15) is 0 Å². The summed E-state index contributed by atoms with van der Waals surface area (Å²) < 4.78 is 0. The third kappa shape index (κ3) is 1.81. The lowest BCUT2D eigenvalue weighted by Gasteiger charge is -2.34. The molecule has 0 amide bonds. The van der Waals surface area contributed by atoms with Gasteiger partial charge in [-0.05, 0) is 43.4 Å².